The second-order valence-corrected chi connectivity index (χ2v) is 7.98. The molecule has 0 radical (unpaired) electrons. The molecule has 3 aromatic heterocycles. The number of tetrazole rings is 1. The fourth-order valence-corrected chi connectivity index (χ4v) is 3.69. The highest BCUT2D eigenvalue weighted by molar-refractivity contribution is 6.03. The molecule has 10 nitrogen and oxygen atoms in total. The van der Waals surface area contributed by atoms with Crippen LogP contribution in [0.2, 0.25) is 0 Å². The van der Waals surface area contributed by atoms with E-state index >= 15 is 0 Å². The van der Waals surface area contributed by atoms with Crippen molar-refractivity contribution in [1.29, 1.82) is 0 Å². The number of nitrogens with zero attached hydrogens (tertiary/aromatic N) is 8. The highest BCUT2D eigenvalue weighted by atomic mass is 19.1. The topological polar surface area (TPSA) is 108 Å². The summed E-state index contributed by atoms with van der Waals surface area (Å²) in [6.45, 7) is 4.08. The molecule has 0 bridgehead atoms. The van der Waals surface area contributed by atoms with Crippen LogP contribution in [0.5, 0.6) is 0 Å². The lowest BCUT2D eigenvalue weighted by Crippen LogP contribution is -2.16. The summed E-state index contributed by atoms with van der Waals surface area (Å²) < 4.78 is 17.3. The van der Waals surface area contributed by atoms with Crippen molar-refractivity contribution < 1.29 is 9.18 Å². The molecule has 3 heterocycles. The average Bonchev–Trinajstić information content (AvgIpc) is 3.58. The number of rotatable bonds is 7. The Bertz CT molecular complexity index is 1490. The number of hydrogen-bond donors (Lipinski definition) is 1. The first kappa shape index (κ1) is 22.1. The summed E-state index contributed by atoms with van der Waals surface area (Å²) >= 11 is 0. The zero-order valence-electron chi connectivity index (χ0n) is 19.1. The minimum Gasteiger partial charge on any atom is -0.317 e. The van der Waals surface area contributed by atoms with Gasteiger partial charge in [0.1, 0.15) is 5.82 Å². The predicted octanol–water partition coefficient (Wildman–Crippen LogP) is 3.30. The highest BCUT2D eigenvalue weighted by Crippen LogP contribution is 2.22. The maximum atomic E-state index is 14.1. The molecule has 11 heteroatoms. The Balaban J connectivity index is 1.27. The summed E-state index contributed by atoms with van der Waals surface area (Å²) in [6, 6.07) is 17.7. The molecular formula is C24H22FN9O. The minimum atomic E-state index is -0.378. The molecule has 1 N–H and O–H groups in total. The second-order valence-electron chi connectivity index (χ2n) is 7.98. The molecule has 176 valence electrons. The predicted molar refractivity (Wildman–Crippen MR) is 126 cm³/mol. The summed E-state index contributed by atoms with van der Waals surface area (Å²) in [4.78, 5) is 14.3. The van der Waals surface area contributed by atoms with Crippen molar-refractivity contribution in [3.63, 3.8) is 0 Å². The molecule has 0 unspecified atom stereocenters. The Morgan fingerprint density at radius 3 is 2.54 bits per heavy atom. The van der Waals surface area contributed by atoms with Crippen molar-refractivity contribution in [2.75, 3.05) is 5.32 Å². The Morgan fingerprint density at radius 1 is 0.971 bits per heavy atom. The Labute approximate surface area is 200 Å². The average molecular weight is 472 g/mol. The SMILES string of the molecule is Cc1nn(Cc2ccccc2F)c(C)c1NC(=O)c1ccn(Cn2nnc(-c3ccccc3)n2)n1. The van der Waals surface area contributed by atoms with Crippen molar-refractivity contribution >= 4 is 11.6 Å². The van der Waals surface area contributed by atoms with Crippen LogP contribution < -0.4 is 5.32 Å². The van der Waals surface area contributed by atoms with E-state index in [0.29, 0.717) is 22.8 Å². The monoisotopic (exact) mass is 471 g/mol. The van der Waals surface area contributed by atoms with E-state index < -0.39 is 0 Å². The lowest BCUT2D eigenvalue weighted by molar-refractivity contribution is 0.102. The van der Waals surface area contributed by atoms with Crippen molar-refractivity contribution in [3.05, 3.63) is 95.3 Å². The quantitative estimate of drug-likeness (QED) is 0.390. The third-order valence-corrected chi connectivity index (χ3v) is 5.53. The first-order valence-electron chi connectivity index (χ1n) is 10.9. The Hall–Kier alpha value is -4.67. The smallest absolute Gasteiger partial charge is 0.276 e. The van der Waals surface area contributed by atoms with Gasteiger partial charge < -0.3 is 5.32 Å². The van der Waals surface area contributed by atoms with Gasteiger partial charge in [0, 0.05) is 17.3 Å². The van der Waals surface area contributed by atoms with E-state index in [1.54, 1.807) is 46.7 Å². The summed E-state index contributed by atoms with van der Waals surface area (Å²) in [6.07, 6.45) is 1.67. The molecule has 5 aromatic rings. The number of hydrogen-bond acceptors (Lipinski definition) is 6. The highest BCUT2D eigenvalue weighted by Gasteiger charge is 2.18. The van der Waals surface area contributed by atoms with Crippen molar-refractivity contribution in [2.24, 2.45) is 0 Å². The number of anilines is 1. The standard InChI is InChI=1S/C24H22FN9O/c1-16-22(17(2)33(28-16)14-19-10-6-7-11-20(19)25)26-24(35)21-12-13-32(29-21)15-34-30-23(27-31-34)18-8-4-3-5-9-18/h3-13H,14-15H2,1-2H3,(H,26,35). The molecule has 35 heavy (non-hydrogen) atoms. The van der Waals surface area contributed by atoms with E-state index in [2.05, 4.69) is 30.9 Å². The van der Waals surface area contributed by atoms with E-state index in [4.69, 9.17) is 0 Å². The fourth-order valence-electron chi connectivity index (χ4n) is 3.69. The minimum absolute atomic E-state index is 0.200. The summed E-state index contributed by atoms with van der Waals surface area (Å²) in [7, 11) is 0. The number of aromatic nitrogens is 8. The van der Waals surface area contributed by atoms with Crippen molar-refractivity contribution in [3.8, 4) is 11.4 Å². The van der Waals surface area contributed by atoms with Crippen LogP contribution in [0.1, 0.15) is 27.4 Å². The summed E-state index contributed by atoms with van der Waals surface area (Å²) in [5.41, 5.74) is 3.54. The zero-order valence-corrected chi connectivity index (χ0v) is 19.1. The molecule has 5 rings (SSSR count). The Kier molecular flexibility index (Phi) is 5.88. The number of carbonyl (C=O) groups excluding carboxylic acids is 1. The van der Waals surface area contributed by atoms with Crippen LogP contribution in [0.3, 0.4) is 0 Å². The number of amides is 1. The van der Waals surface area contributed by atoms with Crippen LogP contribution in [0, 0.1) is 19.7 Å². The van der Waals surface area contributed by atoms with E-state index in [0.717, 1.165) is 11.3 Å². The van der Waals surface area contributed by atoms with Crippen LogP contribution in [0.25, 0.3) is 11.4 Å². The lowest BCUT2D eigenvalue weighted by atomic mass is 10.2. The van der Waals surface area contributed by atoms with Crippen molar-refractivity contribution in [2.45, 2.75) is 27.1 Å². The van der Waals surface area contributed by atoms with Gasteiger partial charge in [0.2, 0.25) is 5.82 Å². The van der Waals surface area contributed by atoms with E-state index in [-0.39, 0.29) is 30.6 Å². The molecule has 0 aliphatic heterocycles. The van der Waals surface area contributed by atoms with Gasteiger partial charge in [0.05, 0.1) is 23.6 Å². The third-order valence-electron chi connectivity index (χ3n) is 5.53. The summed E-state index contributed by atoms with van der Waals surface area (Å²) in [5.74, 6) is -0.167. The van der Waals surface area contributed by atoms with Crippen LogP contribution >= 0.6 is 0 Å². The normalized spacial score (nSPS) is 11.1. The number of carbonyl (C=O) groups is 1. The first-order chi connectivity index (χ1) is 17.0. The van der Waals surface area contributed by atoms with E-state index in [1.807, 2.05) is 37.3 Å². The van der Waals surface area contributed by atoms with Crippen LogP contribution in [0.4, 0.5) is 10.1 Å². The van der Waals surface area contributed by atoms with Gasteiger partial charge in [-0.1, -0.05) is 48.5 Å². The van der Waals surface area contributed by atoms with Gasteiger partial charge in [-0.25, -0.2) is 9.07 Å². The molecule has 0 spiro atoms. The maximum absolute atomic E-state index is 14.1. The molecule has 0 aliphatic rings. The molecule has 2 aromatic carbocycles. The second kappa shape index (κ2) is 9.29. The Morgan fingerprint density at radius 2 is 1.74 bits per heavy atom. The number of aryl methyl sites for hydroxylation is 1. The largest absolute Gasteiger partial charge is 0.317 e. The molecule has 0 fully saturated rings. The van der Waals surface area contributed by atoms with Gasteiger partial charge in [-0.2, -0.15) is 10.2 Å². The van der Waals surface area contributed by atoms with E-state index in [1.165, 1.54) is 10.9 Å². The molecule has 1 amide bonds. The maximum Gasteiger partial charge on any atom is 0.276 e. The van der Waals surface area contributed by atoms with Crippen LogP contribution in [0.15, 0.2) is 66.9 Å². The van der Waals surface area contributed by atoms with Gasteiger partial charge >= 0.3 is 0 Å². The fraction of sp³-hybridized carbons (Fsp3) is 0.167. The number of halogens is 1. The number of benzene rings is 2. The summed E-state index contributed by atoms with van der Waals surface area (Å²) in [5, 5.41) is 24.1. The van der Waals surface area contributed by atoms with Crippen molar-refractivity contribution in [1.82, 2.24) is 39.8 Å². The number of nitrogens with one attached hydrogen (secondary N) is 1. The van der Waals surface area contributed by atoms with Gasteiger partial charge in [0.15, 0.2) is 12.4 Å². The van der Waals surface area contributed by atoms with Gasteiger partial charge in [0.25, 0.3) is 5.91 Å². The van der Waals surface area contributed by atoms with Gasteiger partial charge in [-0.15, -0.1) is 15.0 Å². The van der Waals surface area contributed by atoms with Gasteiger partial charge in [-0.05, 0) is 31.2 Å². The third kappa shape index (κ3) is 4.69. The molecular weight excluding hydrogens is 449 g/mol. The first-order valence-corrected chi connectivity index (χ1v) is 10.9. The molecule has 0 atom stereocenters. The van der Waals surface area contributed by atoms with Crippen LogP contribution in [-0.2, 0) is 13.2 Å². The van der Waals surface area contributed by atoms with Gasteiger partial charge in [-0.3, -0.25) is 9.48 Å². The molecule has 0 aliphatic carbocycles. The zero-order chi connectivity index (χ0) is 24.4. The molecule has 0 saturated carbocycles. The van der Waals surface area contributed by atoms with Crippen LogP contribution in [-0.4, -0.2) is 45.7 Å². The molecule has 0 saturated heterocycles. The van der Waals surface area contributed by atoms with E-state index in [9.17, 15) is 9.18 Å². The lowest BCUT2D eigenvalue weighted by Gasteiger charge is -2.07.